The first-order chi connectivity index (χ1) is 15.0. The number of ether oxygens (including phenoxy) is 4. The van der Waals surface area contributed by atoms with Gasteiger partial charge in [-0.2, -0.15) is 5.26 Å². The topological polar surface area (TPSA) is 104 Å². The van der Waals surface area contributed by atoms with Crippen molar-refractivity contribution in [1.82, 2.24) is 0 Å². The number of hydrogen-bond donors (Lipinski definition) is 1. The third-order valence-corrected chi connectivity index (χ3v) is 5.72. The van der Waals surface area contributed by atoms with Gasteiger partial charge in [0.25, 0.3) is 0 Å². The number of nitrogens with two attached hydrogens (primary N) is 1. The number of methoxy groups -OCH3 is 2. The lowest BCUT2D eigenvalue weighted by Crippen LogP contribution is -2.21. The Hall–Kier alpha value is -3.96. The largest absolute Gasteiger partial charge is 0.497 e. The molecule has 156 valence electrons. The van der Waals surface area contributed by atoms with Gasteiger partial charge in [-0.15, -0.1) is 11.3 Å². The van der Waals surface area contributed by atoms with Crippen molar-refractivity contribution in [3.8, 4) is 29.1 Å². The van der Waals surface area contributed by atoms with Gasteiger partial charge < -0.3 is 24.7 Å². The quantitative estimate of drug-likeness (QED) is 0.474. The Morgan fingerprint density at radius 1 is 1.10 bits per heavy atom. The van der Waals surface area contributed by atoms with E-state index in [9.17, 15) is 10.1 Å². The van der Waals surface area contributed by atoms with Gasteiger partial charge in [-0.25, -0.2) is 4.79 Å². The van der Waals surface area contributed by atoms with Crippen LogP contribution in [-0.4, -0.2) is 20.2 Å². The van der Waals surface area contributed by atoms with Crippen LogP contribution in [-0.2, 0) is 0 Å². The third-order valence-electron chi connectivity index (χ3n) is 4.87. The molecule has 1 aliphatic heterocycles. The highest BCUT2D eigenvalue weighted by Gasteiger charge is 2.33. The number of carbonyl (C=O) groups is 1. The minimum absolute atomic E-state index is 0.0217. The molecular weight excluding hydrogens is 416 g/mol. The van der Waals surface area contributed by atoms with Gasteiger partial charge in [-0.3, -0.25) is 0 Å². The van der Waals surface area contributed by atoms with Crippen molar-refractivity contribution in [3.63, 3.8) is 0 Å². The number of esters is 1. The number of thiophene rings is 1. The molecule has 0 bridgehead atoms. The fourth-order valence-electron chi connectivity index (χ4n) is 3.44. The molecule has 31 heavy (non-hydrogen) atoms. The molecule has 4 rings (SSSR count). The highest BCUT2D eigenvalue weighted by atomic mass is 32.1. The number of allylic oxidation sites excluding steroid dienone is 1. The van der Waals surface area contributed by atoms with Gasteiger partial charge in [0.05, 0.1) is 20.1 Å². The maximum Gasteiger partial charge on any atom is 0.353 e. The maximum absolute atomic E-state index is 12.3. The Kier molecular flexibility index (Phi) is 5.52. The molecule has 1 unspecified atom stereocenters. The van der Waals surface area contributed by atoms with E-state index in [0.29, 0.717) is 39.0 Å². The molecule has 1 aromatic heterocycles. The van der Waals surface area contributed by atoms with Gasteiger partial charge in [-0.1, -0.05) is 12.1 Å². The van der Waals surface area contributed by atoms with E-state index in [1.54, 1.807) is 68.1 Å². The van der Waals surface area contributed by atoms with Crippen LogP contribution in [0.4, 0.5) is 0 Å². The average Bonchev–Trinajstić information content (AvgIpc) is 3.33. The monoisotopic (exact) mass is 434 g/mol. The van der Waals surface area contributed by atoms with Crippen LogP contribution in [0.15, 0.2) is 65.4 Å². The van der Waals surface area contributed by atoms with Crippen LogP contribution >= 0.6 is 11.3 Å². The lowest BCUT2D eigenvalue weighted by atomic mass is 9.83. The number of nitriles is 1. The number of fused-ring (bicyclic) bond motifs is 1. The van der Waals surface area contributed by atoms with Crippen LogP contribution in [0, 0.1) is 11.3 Å². The van der Waals surface area contributed by atoms with E-state index in [1.165, 1.54) is 11.3 Å². The summed E-state index contributed by atoms with van der Waals surface area (Å²) in [5.41, 5.74) is 7.72. The van der Waals surface area contributed by atoms with Gasteiger partial charge >= 0.3 is 5.97 Å². The zero-order valence-electron chi connectivity index (χ0n) is 16.7. The fourth-order valence-corrected chi connectivity index (χ4v) is 4.03. The number of rotatable bonds is 5. The van der Waals surface area contributed by atoms with Crippen molar-refractivity contribution in [2.24, 2.45) is 5.73 Å². The summed E-state index contributed by atoms with van der Waals surface area (Å²) < 4.78 is 22.0. The molecular formula is C23H18N2O5S. The van der Waals surface area contributed by atoms with Crippen LogP contribution in [0.1, 0.15) is 26.7 Å². The van der Waals surface area contributed by atoms with Crippen molar-refractivity contribution < 1.29 is 23.7 Å². The zero-order chi connectivity index (χ0) is 22.0. The van der Waals surface area contributed by atoms with Gasteiger partial charge in [0.1, 0.15) is 39.5 Å². The van der Waals surface area contributed by atoms with Gasteiger partial charge in [-0.05, 0) is 35.7 Å². The molecule has 1 atom stereocenters. The molecule has 0 fully saturated rings. The van der Waals surface area contributed by atoms with E-state index in [-0.39, 0.29) is 11.5 Å². The smallest absolute Gasteiger partial charge is 0.353 e. The Morgan fingerprint density at radius 3 is 2.58 bits per heavy atom. The molecule has 0 saturated heterocycles. The molecule has 0 amide bonds. The Bertz CT molecular complexity index is 1210. The molecule has 0 radical (unpaired) electrons. The molecule has 2 N–H and O–H groups in total. The molecule has 0 spiro atoms. The SMILES string of the molecule is COc1ccc(OC)c(C2C(C#N)=C(N)Oc3cc(OC(=O)c4cccs4)ccc32)c1. The Balaban J connectivity index is 1.78. The van der Waals surface area contributed by atoms with Crippen LogP contribution in [0.5, 0.6) is 23.0 Å². The first-order valence-electron chi connectivity index (χ1n) is 9.24. The second-order valence-electron chi connectivity index (χ2n) is 6.60. The summed E-state index contributed by atoms with van der Waals surface area (Å²) in [5, 5.41) is 11.6. The van der Waals surface area contributed by atoms with Gasteiger partial charge in [0.15, 0.2) is 0 Å². The summed E-state index contributed by atoms with van der Waals surface area (Å²) in [7, 11) is 3.12. The Morgan fingerprint density at radius 2 is 1.90 bits per heavy atom. The molecule has 2 aromatic carbocycles. The lowest BCUT2D eigenvalue weighted by molar-refractivity contribution is 0.0739. The standard InChI is InChI=1S/C23H18N2O5S/c1-27-13-6-8-18(28-2)16(10-13)21-15-7-5-14(29-23(26)20-4-3-9-31-20)11-19(15)30-22(25)17(21)12-24/h3-11,21H,25H2,1-2H3. The number of nitrogens with zero attached hydrogens (tertiary/aromatic N) is 1. The summed E-state index contributed by atoms with van der Waals surface area (Å²) in [5.74, 6) is 0.864. The van der Waals surface area contributed by atoms with Crippen molar-refractivity contribution in [1.29, 1.82) is 5.26 Å². The molecule has 7 nitrogen and oxygen atoms in total. The summed E-state index contributed by atoms with van der Waals surface area (Å²) in [6.07, 6.45) is 0. The number of carbonyl (C=O) groups excluding carboxylic acids is 1. The summed E-state index contributed by atoms with van der Waals surface area (Å²) in [4.78, 5) is 12.8. The molecule has 0 aliphatic carbocycles. The van der Waals surface area contributed by atoms with Crippen molar-refractivity contribution in [2.75, 3.05) is 14.2 Å². The lowest BCUT2D eigenvalue weighted by Gasteiger charge is -2.28. The second-order valence-corrected chi connectivity index (χ2v) is 7.55. The maximum atomic E-state index is 12.3. The minimum Gasteiger partial charge on any atom is -0.497 e. The fraction of sp³-hybridized carbons (Fsp3) is 0.130. The summed E-state index contributed by atoms with van der Waals surface area (Å²) >= 11 is 1.29. The van der Waals surface area contributed by atoms with E-state index < -0.39 is 11.9 Å². The molecule has 8 heteroatoms. The first kappa shape index (κ1) is 20.3. The highest BCUT2D eigenvalue weighted by molar-refractivity contribution is 7.12. The number of benzene rings is 2. The van der Waals surface area contributed by atoms with Gasteiger partial charge in [0.2, 0.25) is 5.88 Å². The summed E-state index contributed by atoms with van der Waals surface area (Å²) in [6, 6.07) is 15.9. The summed E-state index contributed by atoms with van der Waals surface area (Å²) in [6.45, 7) is 0. The predicted molar refractivity (Wildman–Crippen MR) is 115 cm³/mol. The first-order valence-corrected chi connectivity index (χ1v) is 10.1. The van der Waals surface area contributed by atoms with Crippen LogP contribution in [0.2, 0.25) is 0 Å². The Labute approximate surface area is 182 Å². The van der Waals surface area contributed by atoms with E-state index in [0.717, 1.165) is 0 Å². The van der Waals surface area contributed by atoms with E-state index in [2.05, 4.69) is 6.07 Å². The zero-order valence-corrected chi connectivity index (χ0v) is 17.6. The van der Waals surface area contributed by atoms with Gasteiger partial charge in [0, 0.05) is 17.2 Å². The molecule has 0 saturated carbocycles. The predicted octanol–water partition coefficient (Wildman–Crippen LogP) is 4.20. The van der Waals surface area contributed by atoms with E-state index in [1.807, 2.05) is 0 Å². The normalized spacial score (nSPS) is 14.8. The van der Waals surface area contributed by atoms with Crippen LogP contribution < -0.4 is 24.7 Å². The van der Waals surface area contributed by atoms with Crippen molar-refractivity contribution in [3.05, 3.63) is 81.4 Å². The molecule has 1 aliphatic rings. The van der Waals surface area contributed by atoms with Crippen molar-refractivity contribution >= 4 is 17.3 Å². The molecule has 2 heterocycles. The number of hydrogen-bond acceptors (Lipinski definition) is 8. The minimum atomic E-state index is -0.541. The van der Waals surface area contributed by atoms with Crippen molar-refractivity contribution in [2.45, 2.75) is 5.92 Å². The van der Waals surface area contributed by atoms with E-state index in [4.69, 9.17) is 24.7 Å². The second kappa shape index (κ2) is 8.42. The van der Waals surface area contributed by atoms with Crippen LogP contribution in [0.3, 0.4) is 0 Å². The van der Waals surface area contributed by atoms with E-state index >= 15 is 0 Å². The third kappa shape index (κ3) is 3.79. The average molecular weight is 434 g/mol. The van der Waals surface area contributed by atoms with Crippen LogP contribution in [0.25, 0.3) is 0 Å². The highest BCUT2D eigenvalue weighted by Crippen LogP contribution is 2.46. The molecule has 3 aromatic rings.